The lowest BCUT2D eigenvalue weighted by atomic mass is 10.1. The van der Waals surface area contributed by atoms with Crippen LogP contribution in [-0.4, -0.2) is 37.0 Å². The first-order valence-electron chi connectivity index (χ1n) is 6.25. The average molecular weight is 271 g/mol. The summed E-state index contributed by atoms with van der Waals surface area (Å²) in [6.45, 7) is 3.87. The van der Waals surface area contributed by atoms with Gasteiger partial charge in [0.05, 0.1) is 5.88 Å². The molecular formula is C13H19ClN2O2. The Morgan fingerprint density at radius 1 is 1.56 bits per heavy atom. The molecule has 0 aliphatic carbocycles. The summed E-state index contributed by atoms with van der Waals surface area (Å²) in [6.07, 6.45) is 1.98. The van der Waals surface area contributed by atoms with E-state index in [4.69, 9.17) is 16.0 Å². The van der Waals surface area contributed by atoms with Crippen LogP contribution < -0.4 is 5.32 Å². The number of amides is 1. The van der Waals surface area contributed by atoms with Crippen LogP contribution in [0.25, 0.3) is 0 Å². The number of halogens is 1. The Labute approximate surface area is 112 Å². The number of piperidine rings is 1. The molecule has 1 N–H and O–H groups in total. The smallest absolute Gasteiger partial charge is 0.287 e. The van der Waals surface area contributed by atoms with Gasteiger partial charge in [0.2, 0.25) is 0 Å². The Balaban J connectivity index is 1.94. The molecule has 5 heteroatoms. The van der Waals surface area contributed by atoms with E-state index >= 15 is 0 Å². The van der Waals surface area contributed by atoms with Crippen LogP contribution in [0.4, 0.5) is 0 Å². The fraction of sp³-hybridized carbons (Fsp3) is 0.615. The van der Waals surface area contributed by atoms with Gasteiger partial charge in [0.15, 0.2) is 5.76 Å². The van der Waals surface area contributed by atoms with E-state index in [0.717, 1.165) is 37.3 Å². The predicted molar refractivity (Wildman–Crippen MR) is 71.0 cm³/mol. The minimum atomic E-state index is -0.135. The topological polar surface area (TPSA) is 45.5 Å². The molecule has 0 unspecified atom stereocenters. The van der Waals surface area contributed by atoms with E-state index in [1.54, 1.807) is 6.07 Å². The van der Waals surface area contributed by atoms with Crippen LogP contribution in [0.3, 0.4) is 0 Å². The third-order valence-corrected chi connectivity index (χ3v) is 3.73. The first kappa shape index (κ1) is 13.4. The molecule has 1 amide bonds. The fourth-order valence-electron chi connectivity index (χ4n) is 2.17. The molecule has 0 spiro atoms. The highest BCUT2D eigenvalue weighted by molar-refractivity contribution is 6.17. The molecule has 0 bridgehead atoms. The summed E-state index contributed by atoms with van der Waals surface area (Å²) in [5.74, 6) is 1.32. The lowest BCUT2D eigenvalue weighted by Crippen LogP contribution is -2.43. The first-order chi connectivity index (χ1) is 8.60. The number of alkyl halides is 1. The van der Waals surface area contributed by atoms with Crippen LogP contribution >= 0.6 is 11.6 Å². The van der Waals surface area contributed by atoms with Crippen molar-refractivity contribution in [2.45, 2.75) is 31.7 Å². The molecule has 1 aliphatic heterocycles. The van der Waals surface area contributed by atoms with Gasteiger partial charge in [-0.2, -0.15) is 0 Å². The number of nitrogens with zero attached hydrogens (tertiary/aromatic N) is 1. The van der Waals surface area contributed by atoms with Crippen molar-refractivity contribution in [1.82, 2.24) is 10.2 Å². The van der Waals surface area contributed by atoms with E-state index in [-0.39, 0.29) is 11.9 Å². The second kappa shape index (κ2) is 5.76. The lowest BCUT2D eigenvalue weighted by molar-refractivity contribution is 0.0887. The van der Waals surface area contributed by atoms with Crippen molar-refractivity contribution in [1.29, 1.82) is 0 Å². The Morgan fingerprint density at radius 3 is 2.78 bits per heavy atom. The number of rotatable bonds is 3. The fourth-order valence-corrected chi connectivity index (χ4v) is 2.44. The average Bonchev–Trinajstić information content (AvgIpc) is 2.73. The second-order valence-electron chi connectivity index (χ2n) is 4.88. The zero-order valence-electron chi connectivity index (χ0n) is 10.8. The van der Waals surface area contributed by atoms with E-state index in [1.165, 1.54) is 0 Å². The molecule has 1 aromatic heterocycles. The van der Waals surface area contributed by atoms with E-state index in [0.29, 0.717) is 11.6 Å². The van der Waals surface area contributed by atoms with Gasteiger partial charge in [-0.15, -0.1) is 11.6 Å². The molecule has 4 nitrogen and oxygen atoms in total. The van der Waals surface area contributed by atoms with Crippen molar-refractivity contribution < 1.29 is 9.21 Å². The Morgan fingerprint density at radius 2 is 2.22 bits per heavy atom. The molecule has 1 aromatic rings. The molecule has 2 rings (SSSR count). The molecule has 2 heterocycles. The Kier molecular flexibility index (Phi) is 4.30. The van der Waals surface area contributed by atoms with Crippen molar-refractivity contribution >= 4 is 17.5 Å². The quantitative estimate of drug-likeness (QED) is 0.856. The van der Waals surface area contributed by atoms with Crippen LogP contribution in [-0.2, 0) is 5.88 Å². The number of carbonyl (C=O) groups is 1. The van der Waals surface area contributed by atoms with Crippen LogP contribution in [0.2, 0.25) is 0 Å². The van der Waals surface area contributed by atoms with Crippen molar-refractivity contribution in [3.63, 3.8) is 0 Å². The molecule has 0 radical (unpaired) electrons. The SMILES string of the molecule is Cc1oc(C(=O)NC2CCN(C)CC2)cc1CCl. The maximum absolute atomic E-state index is 12.0. The van der Waals surface area contributed by atoms with Crippen LogP contribution in [0.1, 0.15) is 34.7 Å². The zero-order chi connectivity index (χ0) is 13.1. The Bertz CT molecular complexity index is 423. The molecule has 0 saturated carbocycles. The van der Waals surface area contributed by atoms with Gasteiger partial charge in [0, 0.05) is 11.6 Å². The predicted octanol–water partition coefficient (Wildman–Crippen LogP) is 2.15. The summed E-state index contributed by atoms with van der Waals surface area (Å²) in [5, 5.41) is 3.02. The van der Waals surface area contributed by atoms with Gasteiger partial charge in [-0.05, 0) is 46.0 Å². The van der Waals surface area contributed by atoms with Gasteiger partial charge >= 0.3 is 0 Å². The second-order valence-corrected chi connectivity index (χ2v) is 5.14. The number of hydrogen-bond donors (Lipinski definition) is 1. The standard InChI is InChI=1S/C13H19ClN2O2/c1-9-10(8-14)7-12(18-9)13(17)15-11-3-5-16(2)6-4-11/h7,11H,3-6,8H2,1-2H3,(H,15,17). The van der Waals surface area contributed by atoms with Crippen molar-refractivity contribution in [3.8, 4) is 0 Å². The molecule has 1 aliphatic rings. The molecule has 18 heavy (non-hydrogen) atoms. The minimum absolute atomic E-state index is 0.135. The zero-order valence-corrected chi connectivity index (χ0v) is 11.6. The molecule has 0 atom stereocenters. The van der Waals surface area contributed by atoms with E-state index in [2.05, 4.69) is 17.3 Å². The van der Waals surface area contributed by atoms with Gasteiger partial charge < -0.3 is 14.6 Å². The molecule has 0 aromatic carbocycles. The molecule has 100 valence electrons. The van der Waals surface area contributed by atoms with E-state index < -0.39 is 0 Å². The highest BCUT2D eigenvalue weighted by atomic mass is 35.5. The summed E-state index contributed by atoms with van der Waals surface area (Å²) >= 11 is 5.76. The highest BCUT2D eigenvalue weighted by Gasteiger charge is 2.21. The summed E-state index contributed by atoms with van der Waals surface area (Å²) < 4.78 is 5.42. The van der Waals surface area contributed by atoms with Crippen LogP contribution in [0.5, 0.6) is 0 Å². The number of furan rings is 1. The summed E-state index contributed by atoms with van der Waals surface area (Å²) in [6, 6.07) is 1.98. The largest absolute Gasteiger partial charge is 0.456 e. The molecule has 1 fully saturated rings. The number of nitrogens with one attached hydrogen (secondary N) is 1. The number of carbonyl (C=O) groups excluding carboxylic acids is 1. The molecular weight excluding hydrogens is 252 g/mol. The van der Waals surface area contributed by atoms with Crippen LogP contribution in [0.15, 0.2) is 10.5 Å². The monoisotopic (exact) mass is 270 g/mol. The van der Waals surface area contributed by atoms with Crippen molar-refractivity contribution in [2.75, 3.05) is 20.1 Å². The minimum Gasteiger partial charge on any atom is -0.456 e. The third-order valence-electron chi connectivity index (χ3n) is 3.44. The van der Waals surface area contributed by atoms with E-state index in [1.807, 2.05) is 6.92 Å². The number of hydrogen-bond acceptors (Lipinski definition) is 3. The van der Waals surface area contributed by atoms with Gasteiger partial charge in [-0.1, -0.05) is 0 Å². The van der Waals surface area contributed by atoms with Crippen LogP contribution in [0, 0.1) is 6.92 Å². The maximum Gasteiger partial charge on any atom is 0.287 e. The number of aryl methyl sites for hydroxylation is 1. The van der Waals surface area contributed by atoms with Gasteiger partial charge in [-0.25, -0.2) is 0 Å². The van der Waals surface area contributed by atoms with E-state index in [9.17, 15) is 4.79 Å². The summed E-state index contributed by atoms with van der Waals surface area (Å²) in [5.41, 5.74) is 0.880. The molecule has 1 saturated heterocycles. The summed E-state index contributed by atoms with van der Waals surface area (Å²) in [4.78, 5) is 14.3. The first-order valence-corrected chi connectivity index (χ1v) is 6.78. The summed E-state index contributed by atoms with van der Waals surface area (Å²) in [7, 11) is 2.10. The van der Waals surface area contributed by atoms with Crippen molar-refractivity contribution in [2.24, 2.45) is 0 Å². The normalized spacial score (nSPS) is 17.9. The maximum atomic E-state index is 12.0. The van der Waals surface area contributed by atoms with Gasteiger partial charge in [-0.3, -0.25) is 4.79 Å². The lowest BCUT2D eigenvalue weighted by Gasteiger charge is -2.29. The highest BCUT2D eigenvalue weighted by Crippen LogP contribution is 2.17. The van der Waals surface area contributed by atoms with Gasteiger partial charge in [0.1, 0.15) is 5.76 Å². The third kappa shape index (κ3) is 3.06. The Hall–Kier alpha value is -1.00. The van der Waals surface area contributed by atoms with Crippen molar-refractivity contribution in [3.05, 3.63) is 23.2 Å². The van der Waals surface area contributed by atoms with Gasteiger partial charge in [0.25, 0.3) is 5.91 Å². The number of likely N-dealkylation sites (tertiary alicyclic amines) is 1.